The fourth-order valence-electron chi connectivity index (χ4n) is 4.99. The van der Waals surface area contributed by atoms with E-state index in [1.807, 2.05) is 0 Å². The summed E-state index contributed by atoms with van der Waals surface area (Å²) in [5.74, 6) is -0.463. The Hall–Kier alpha value is -3.11. The molecule has 184 valence electrons. The summed E-state index contributed by atoms with van der Waals surface area (Å²) in [6, 6.07) is 10.5. The van der Waals surface area contributed by atoms with Crippen LogP contribution in [0.3, 0.4) is 0 Å². The number of benzene rings is 2. The summed E-state index contributed by atoms with van der Waals surface area (Å²) in [5.41, 5.74) is 1.63. The Morgan fingerprint density at radius 3 is 2.54 bits per heavy atom. The number of hydrogen-bond donors (Lipinski definition) is 1. The number of rotatable bonds is 5. The number of fused-ring (bicyclic) bond motifs is 1. The van der Waals surface area contributed by atoms with Crippen LogP contribution in [0.4, 0.5) is 14.7 Å². The van der Waals surface area contributed by atoms with Gasteiger partial charge in [-0.05, 0) is 55.1 Å². The monoisotopic (exact) mass is 500 g/mol. The fraction of sp³-hybridized carbons (Fsp3) is 0.360. The van der Waals surface area contributed by atoms with Gasteiger partial charge in [0.1, 0.15) is 22.3 Å². The molecule has 1 saturated heterocycles. The number of likely N-dealkylation sites (tertiary alicyclic amines) is 1. The fourth-order valence-corrected chi connectivity index (χ4v) is 6.03. The van der Waals surface area contributed by atoms with Gasteiger partial charge in [0.05, 0.1) is 6.61 Å². The van der Waals surface area contributed by atoms with Crippen molar-refractivity contribution in [3.63, 3.8) is 0 Å². The first-order chi connectivity index (χ1) is 16.8. The molecule has 1 fully saturated rings. The van der Waals surface area contributed by atoms with Crippen molar-refractivity contribution >= 4 is 16.0 Å². The molecule has 3 atom stereocenters. The highest BCUT2D eigenvalue weighted by atomic mass is 32.2. The van der Waals surface area contributed by atoms with Crippen molar-refractivity contribution in [2.75, 3.05) is 17.9 Å². The molecule has 0 bridgehead atoms. The minimum Gasteiger partial charge on any atom is -0.493 e. The van der Waals surface area contributed by atoms with E-state index < -0.39 is 20.7 Å². The van der Waals surface area contributed by atoms with Crippen molar-refractivity contribution in [3.05, 3.63) is 77.6 Å². The predicted molar refractivity (Wildman–Crippen MR) is 126 cm³/mol. The maximum atomic E-state index is 15.3. The quantitative estimate of drug-likeness (QED) is 0.539. The van der Waals surface area contributed by atoms with Crippen LogP contribution in [-0.4, -0.2) is 36.4 Å². The molecule has 10 heteroatoms. The zero-order valence-corrected chi connectivity index (χ0v) is 20.0. The lowest BCUT2D eigenvalue weighted by atomic mass is 9.85. The molecule has 7 nitrogen and oxygen atoms in total. The Labute approximate surface area is 203 Å². The van der Waals surface area contributed by atoms with Gasteiger partial charge in [0.2, 0.25) is 5.95 Å². The summed E-state index contributed by atoms with van der Waals surface area (Å²) in [4.78, 5) is 9.48. The average molecular weight is 501 g/mol. The smallest absolute Gasteiger partial charge is 0.267 e. The molecule has 5 rings (SSSR count). The van der Waals surface area contributed by atoms with Gasteiger partial charge in [0.15, 0.2) is 0 Å². The second kappa shape index (κ2) is 9.50. The van der Waals surface area contributed by atoms with Crippen LogP contribution in [0.1, 0.15) is 49.4 Å². The SMILES string of the molecule is C[C@@H]1CCN([C@@H]2CCOc3cc(S(=O)(=O)Nc4ncccn4)c(F)cc32)[C@H](c2ccc(F)cc2)C1. The number of sulfonamides is 1. The molecular weight excluding hydrogens is 474 g/mol. The van der Waals surface area contributed by atoms with Crippen LogP contribution in [0.25, 0.3) is 0 Å². The van der Waals surface area contributed by atoms with E-state index in [0.29, 0.717) is 30.3 Å². The molecule has 2 aliphatic heterocycles. The van der Waals surface area contributed by atoms with E-state index in [-0.39, 0.29) is 23.8 Å². The number of hydrogen-bond acceptors (Lipinski definition) is 6. The third kappa shape index (κ3) is 4.85. The lowest BCUT2D eigenvalue weighted by molar-refractivity contribution is 0.0485. The lowest BCUT2D eigenvalue weighted by Gasteiger charge is -2.45. The molecular formula is C25H26F2N4O3S. The van der Waals surface area contributed by atoms with Crippen LogP contribution in [0.2, 0.25) is 0 Å². The number of aromatic nitrogens is 2. The van der Waals surface area contributed by atoms with Gasteiger partial charge in [-0.15, -0.1) is 0 Å². The minimum absolute atomic E-state index is 0.0404. The molecule has 35 heavy (non-hydrogen) atoms. The van der Waals surface area contributed by atoms with Gasteiger partial charge in [-0.1, -0.05) is 19.1 Å². The minimum atomic E-state index is -4.26. The third-order valence-electron chi connectivity index (χ3n) is 6.71. The molecule has 0 radical (unpaired) electrons. The molecule has 3 aromatic rings. The van der Waals surface area contributed by atoms with Crippen LogP contribution in [0.15, 0.2) is 59.8 Å². The number of anilines is 1. The Morgan fingerprint density at radius 1 is 1.06 bits per heavy atom. The van der Waals surface area contributed by atoms with Crippen LogP contribution in [-0.2, 0) is 10.0 Å². The molecule has 2 aromatic carbocycles. The highest BCUT2D eigenvalue weighted by Gasteiger charge is 2.37. The van der Waals surface area contributed by atoms with E-state index in [1.165, 1.54) is 36.7 Å². The number of ether oxygens (including phenoxy) is 1. The van der Waals surface area contributed by atoms with Gasteiger partial charge in [-0.25, -0.2) is 31.9 Å². The zero-order chi connectivity index (χ0) is 24.6. The molecule has 0 amide bonds. The Bertz CT molecular complexity index is 1310. The van der Waals surface area contributed by atoms with Crippen LogP contribution in [0, 0.1) is 17.6 Å². The molecule has 0 spiro atoms. The van der Waals surface area contributed by atoms with Crippen LogP contribution >= 0.6 is 0 Å². The molecule has 0 unspecified atom stereocenters. The number of piperidine rings is 1. The molecule has 2 aliphatic rings. The van der Waals surface area contributed by atoms with Crippen molar-refractivity contribution in [2.24, 2.45) is 5.92 Å². The summed E-state index contributed by atoms with van der Waals surface area (Å²) >= 11 is 0. The predicted octanol–water partition coefficient (Wildman–Crippen LogP) is 4.85. The summed E-state index contributed by atoms with van der Waals surface area (Å²) in [5, 5.41) is 0. The van der Waals surface area contributed by atoms with Gasteiger partial charge in [-0.2, -0.15) is 0 Å². The van der Waals surface area contributed by atoms with Crippen LogP contribution in [0.5, 0.6) is 5.75 Å². The van der Waals surface area contributed by atoms with E-state index in [4.69, 9.17) is 4.74 Å². The third-order valence-corrected chi connectivity index (χ3v) is 8.06. The highest BCUT2D eigenvalue weighted by Crippen LogP contribution is 2.45. The van der Waals surface area contributed by atoms with Crippen molar-refractivity contribution < 1.29 is 21.9 Å². The molecule has 1 aromatic heterocycles. The van der Waals surface area contributed by atoms with Crippen molar-refractivity contribution in [1.29, 1.82) is 0 Å². The Kier molecular flexibility index (Phi) is 6.41. The second-order valence-electron chi connectivity index (χ2n) is 9.09. The van der Waals surface area contributed by atoms with Crippen molar-refractivity contribution in [3.8, 4) is 5.75 Å². The molecule has 0 saturated carbocycles. The normalized spacial score (nSPS) is 22.8. The Balaban J connectivity index is 1.49. The number of nitrogens with one attached hydrogen (secondary N) is 1. The van der Waals surface area contributed by atoms with E-state index in [9.17, 15) is 12.8 Å². The summed E-state index contributed by atoms with van der Waals surface area (Å²) in [7, 11) is -4.26. The summed E-state index contributed by atoms with van der Waals surface area (Å²) in [6.45, 7) is 3.37. The summed E-state index contributed by atoms with van der Waals surface area (Å²) < 4.78 is 62.6. The molecule has 3 heterocycles. The van der Waals surface area contributed by atoms with E-state index >= 15 is 4.39 Å². The van der Waals surface area contributed by atoms with Crippen LogP contribution < -0.4 is 9.46 Å². The average Bonchev–Trinajstić information content (AvgIpc) is 2.84. The molecule has 0 aliphatic carbocycles. The van der Waals surface area contributed by atoms with Gasteiger partial charge in [-0.3, -0.25) is 4.90 Å². The van der Waals surface area contributed by atoms with Gasteiger partial charge in [0, 0.05) is 42.5 Å². The van der Waals surface area contributed by atoms with Crippen molar-refractivity contribution in [2.45, 2.75) is 43.2 Å². The van der Waals surface area contributed by atoms with Gasteiger partial charge in [0.25, 0.3) is 10.0 Å². The maximum absolute atomic E-state index is 15.3. The van der Waals surface area contributed by atoms with Crippen molar-refractivity contribution in [1.82, 2.24) is 14.9 Å². The first kappa shape index (κ1) is 23.6. The topological polar surface area (TPSA) is 84.4 Å². The first-order valence-electron chi connectivity index (χ1n) is 11.6. The second-order valence-corrected chi connectivity index (χ2v) is 10.7. The largest absolute Gasteiger partial charge is 0.493 e. The summed E-state index contributed by atoms with van der Waals surface area (Å²) in [6.07, 6.45) is 5.30. The first-order valence-corrected chi connectivity index (χ1v) is 13.1. The standard InChI is InChI=1S/C25H26F2N4O3S/c1-16-7-11-31(22(13-16)17-3-5-18(26)6-4-17)21-8-12-34-23-15-24(20(27)14-19(21)23)35(32,33)30-25-28-9-2-10-29-25/h2-6,9-10,14-16,21-22H,7-8,11-13H2,1H3,(H,28,29,30)/t16-,21-,22+/m1/s1. The van der Waals surface area contributed by atoms with Gasteiger partial charge >= 0.3 is 0 Å². The van der Waals surface area contributed by atoms with Gasteiger partial charge < -0.3 is 4.74 Å². The lowest BCUT2D eigenvalue weighted by Crippen LogP contribution is -2.40. The molecule has 1 N–H and O–H groups in total. The zero-order valence-electron chi connectivity index (χ0n) is 19.2. The van der Waals surface area contributed by atoms with E-state index in [2.05, 4.69) is 26.5 Å². The number of nitrogens with zero attached hydrogens (tertiary/aromatic N) is 3. The van der Waals surface area contributed by atoms with E-state index in [0.717, 1.165) is 24.9 Å². The maximum Gasteiger partial charge on any atom is 0.267 e. The number of halogens is 2. The Morgan fingerprint density at radius 2 is 1.80 bits per heavy atom. The van der Waals surface area contributed by atoms with E-state index in [1.54, 1.807) is 18.2 Å². The highest BCUT2D eigenvalue weighted by molar-refractivity contribution is 7.92.